The molecule has 0 aliphatic carbocycles. The van der Waals surface area contributed by atoms with Crippen molar-refractivity contribution in [2.24, 2.45) is 0 Å². The number of benzene rings is 3. The van der Waals surface area contributed by atoms with Crippen LogP contribution >= 0.6 is 0 Å². The van der Waals surface area contributed by atoms with Gasteiger partial charge in [-0.25, -0.2) is 14.4 Å². The molecule has 3 rings (SSSR count). The average molecular weight is 622 g/mol. The summed E-state index contributed by atoms with van der Waals surface area (Å²) in [6, 6.07) is 17.4. The van der Waals surface area contributed by atoms with Crippen LogP contribution in [0, 0.1) is 0 Å². The SMILES string of the molecule is O=C(O)c1ccccc1O.O=C(O)c1ccccc1O.O=C(O)c1ccccc1O.[Pb]. The summed E-state index contributed by atoms with van der Waals surface area (Å²) in [5.41, 5.74) is -0.201. The topological polar surface area (TPSA) is 173 Å². The minimum Gasteiger partial charge on any atom is -0.507 e. The van der Waals surface area contributed by atoms with Crippen molar-refractivity contribution in [1.82, 2.24) is 0 Å². The van der Waals surface area contributed by atoms with Crippen molar-refractivity contribution in [3.8, 4) is 17.2 Å². The van der Waals surface area contributed by atoms with E-state index in [9.17, 15) is 14.4 Å². The minimum absolute atomic E-state index is 0. The van der Waals surface area contributed by atoms with Crippen LogP contribution in [0.3, 0.4) is 0 Å². The maximum absolute atomic E-state index is 10.3. The third-order valence-corrected chi connectivity index (χ3v) is 3.40. The number of para-hydroxylation sites is 3. The Balaban J connectivity index is 0.000000429. The summed E-state index contributed by atoms with van der Waals surface area (Å²) >= 11 is 0. The minimum atomic E-state index is -1.11. The van der Waals surface area contributed by atoms with Crippen molar-refractivity contribution >= 4 is 45.2 Å². The van der Waals surface area contributed by atoms with Gasteiger partial charge in [-0.3, -0.25) is 0 Å². The number of hydrogen-bond acceptors (Lipinski definition) is 6. The van der Waals surface area contributed by atoms with Crippen molar-refractivity contribution < 1.29 is 45.0 Å². The third-order valence-electron chi connectivity index (χ3n) is 3.40. The van der Waals surface area contributed by atoms with Crippen molar-refractivity contribution in [2.45, 2.75) is 0 Å². The molecule has 9 nitrogen and oxygen atoms in total. The number of carbonyl (C=O) groups is 3. The molecule has 3 aromatic rings. The summed E-state index contributed by atoms with van der Waals surface area (Å²) in [6.45, 7) is 0. The van der Waals surface area contributed by atoms with E-state index in [1.165, 1.54) is 36.4 Å². The third kappa shape index (κ3) is 9.17. The van der Waals surface area contributed by atoms with Gasteiger partial charge in [0.15, 0.2) is 0 Å². The van der Waals surface area contributed by atoms with E-state index < -0.39 is 17.9 Å². The van der Waals surface area contributed by atoms with Crippen molar-refractivity contribution in [3.63, 3.8) is 0 Å². The molecule has 0 aliphatic heterocycles. The van der Waals surface area contributed by atoms with Crippen molar-refractivity contribution in [1.29, 1.82) is 0 Å². The fraction of sp³-hybridized carbons (Fsp3) is 0. The predicted octanol–water partition coefficient (Wildman–Crippen LogP) is 2.89. The molecule has 31 heavy (non-hydrogen) atoms. The first-order valence-corrected chi connectivity index (χ1v) is 8.19. The van der Waals surface area contributed by atoms with Gasteiger partial charge in [0, 0.05) is 27.3 Å². The molecular formula is C21H18O9Pb. The number of aromatic carboxylic acids is 3. The molecule has 0 unspecified atom stereocenters. The Morgan fingerprint density at radius 1 is 0.452 bits per heavy atom. The van der Waals surface area contributed by atoms with E-state index in [1.807, 2.05) is 0 Å². The number of aromatic hydroxyl groups is 3. The van der Waals surface area contributed by atoms with Gasteiger partial charge in [0.2, 0.25) is 0 Å². The van der Waals surface area contributed by atoms with Gasteiger partial charge in [-0.05, 0) is 36.4 Å². The predicted molar refractivity (Wildman–Crippen MR) is 111 cm³/mol. The van der Waals surface area contributed by atoms with E-state index in [0.717, 1.165) is 0 Å². The van der Waals surface area contributed by atoms with Crippen LogP contribution in [0.4, 0.5) is 0 Å². The molecule has 0 saturated heterocycles. The summed E-state index contributed by atoms with van der Waals surface area (Å²) in [4.78, 5) is 30.8. The second-order valence-corrected chi connectivity index (χ2v) is 5.47. The molecule has 0 fully saturated rings. The van der Waals surface area contributed by atoms with Gasteiger partial charge in [-0.2, -0.15) is 0 Å². The van der Waals surface area contributed by atoms with Crippen LogP contribution in [0.25, 0.3) is 0 Å². The maximum Gasteiger partial charge on any atom is 0.339 e. The molecule has 6 N–H and O–H groups in total. The normalized spacial score (nSPS) is 8.90. The zero-order valence-corrected chi connectivity index (χ0v) is 19.7. The van der Waals surface area contributed by atoms with E-state index in [1.54, 1.807) is 36.4 Å². The van der Waals surface area contributed by atoms with E-state index >= 15 is 0 Å². The number of phenols is 3. The number of carboxylic acids is 3. The Hall–Kier alpha value is -3.61. The van der Waals surface area contributed by atoms with Gasteiger partial charge in [0.25, 0.3) is 0 Å². The molecule has 4 radical (unpaired) electrons. The maximum atomic E-state index is 10.3. The molecule has 10 heteroatoms. The van der Waals surface area contributed by atoms with Gasteiger partial charge in [-0.15, -0.1) is 0 Å². The Morgan fingerprint density at radius 2 is 0.645 bits per heavy atom. The Labute approximate surface area is 196 Å². The van der Waals surface area contributed by atoms with Gasteiger partial charge < -0.3 is 30.6 Å². The smallest absolute Gasteiger partial charge is 0.339 e. The molecule has 0 bridgehead atoms. The molecule has 0 atom stereocenters. The van der Waals surface area contributed by atoms with Crippen LogP contribution in [-0.4, -0.2) is 75.8 Å². The fourth-order valence-electron chi connectivity index (χ4n) is 1.96. The summed E-state index contributed by atoms with van der Waals surface area (Å²) in [6.07, 6.45) is 0. The Kier molecular flexibility index (Phi) is 12.0. The van der Waals surface area contributed by atoms with Gasteiger partial charge in [0.1, 0.15) is 33.9 Å². The van der Waals surface area contributed by atoms with Crippen LogP contribution < -0.4 is 0 Å². The van der Waals surface area contributed by atoms with Gasteiger partial charge in [0.05, 0.1) is 0 Å². The van der Waals surface area contributed by atoms with Crippen molar-refractivity contribution in [3.05, 3.63) is 89.5 Å². The van der Waals surface area contributed by atoms with E-state index in [4.69, 9.17) is 30.6 Å². The van der Waals surface area contributed by atoms with Crippen LogP contribution in [0.2, 0.25) is 0 Å². The first-order valence-electron chi connectivity index (χ1n) is 8.19. The molecule has 0 saturated carbocycles. The summed E-state index contributed by atoms with van der Waals surface area (Å²) < 4.78 is 0. The standard InChI is InChI=1S/3C7H6O3.Pb/c3*8-6-4-2-1-3-5(6)7(9)10;/h3*1-4,8H,(H,9,10);. The van der Waals surface area contributed by atoms with E-state index in [0.29, 0.717) is 0 Å². The van der Waals surface area contributed by atoms with Crippen LogP contribution in [0.5, 0.6) is 17.2 Å². The fourth-order valence-corrected chi connectivity index (χ4v) is 1.96. The van der Waals surface area contributed by atoms with Crippen LogP contribution in [0.15, 0.2) is 72.8 Å². The second kappa shape index (κ2) is 13.6. The first-order chi connectivity index (χ1) is 14.1. The monoisotopic (exact) mass is 622 g/mol. The molecule has 0 heterocycles. The first kappa shape index (κ1) is 27.4. The summed E-state index contributed by atoms with van der Waals surface area (Å²) in [7, 11) is 0. The average Bonchev–Trinajstić information content (AvgIpc) is 2.69. The van der Waals surface area contributed by atoms with E-state index in [-0.39, 0.29) is 61.2 Å². The zero-order chi connectivity index (χ0) is 22.7. The molecular weight excluding hydrogens is 603 g/mol. The number of carboxylic acid groups (broad SMARTS) is 3. The second-order valence-electron chi connectivity index (χ2n) is 5.47. The van der Waals surface area contributed by atoms with E-state index in [2.05, 4.69) is 0 Å². The quantitative estimate of drug-likeness (QED) is 0.241. The van der Waals surface area contributed by atoms with Gasteiger partial charge in [-0.1, -0.05) is 36.4 Å². The van der Waals surface area contributed by atoms with Gasteiger partial charge >= 0.3 is 17.9 Å². The molecule has 3 aromatic carbocycles. The summed E-state index contributed by atoms with van der Waals surface area (Å²) in [5.74, 6) is -3.94. The largest absolute Gasteiger partial charge is 0.507 e. The van der Waals surface area contributed by atoms with Crippen LogP contribution in [0.1, 0.15) is 31.1 Å². The molecule has 0 amide bonds. The summed E-state index contributed by atoms with van der Waals surface area (Å²) in [5, 5.41) is 51.9. The molecule has 160 valence electrons. The molecule has 0 aliphatic rings. The van der Waals surface area contributed by atoms with Crippen LogP contribution in [-0.2, 0) is 0 Å². The number of hydrogen-bond donors (Lipinski definition) is 6. The molecule has 0 aromatic heterocycles. The number of rotatable bonds is 3. The Morgan fingerprint density at radius 3 is 0.774 bits per heavy atom. The molecule has 0 spiro atoms. The van der Waals surface area contributed by atoms with Crippen molar-refractivity contribution in [2.75, 3.05) is 0 Å². The zero-order valence-electron chi connectivity index (χ0n) is 15.8. The Bertz CT molecular complexity index is 903.